The van der Waals surface area contributed by atoms with Crippen LogP contribution in [0.25, 0.3) is 11.8 Å². The molecule has 1 aliphatic heterocycles. The van der Waals surface area contributed by atoms with Gasteiger partial charge in [-0.3, -0.25) is 24.6 Å². The van der Waals surface area contributed by atoms with Crippen molar-refractivity contribution in [2.24, 2.45) is 0 Å². The molecule has 27 heavy (non-hydrogen) atoms. The summed E-state index contributed by atoms with van der Waals surface area (Å²) in [4.78, 5) is 36.8. The smallest absolute Gasteiger partial charge is 0.293 e. The van der Waals surface area contributed by atoms with E-state index in [4.69, 9.17) is 0 Å². The summed E-state index contributed by atoms with van der Waals surface area (Å²) in [6, 6.07) is 8.10. The molecule has 0 saturated carbocycles. The zero-order valence-electron chi connectivity index (χ0n) is 15.4. The molecule has 2 heterocycles. The molecule has 0 radical (unpaired) electrons. The van der Waals surface area contributed by atoms with Crippen molar-refractivity contribution in [3.8, 4) is 5.69 Å². The van der Waals surface area contributed by atoms with Crippen LogP contribution in [0.3, 0.4) is 0 Å². The van der Waals surface area contributed by atoms with Crippen LogP contribution < -0.4 is 0 Å². The van der Waals surface area contributed by atoms with Gasteiger partial charge in [0.15, 0.2) is 0 Å². The Labute approximate surface area is 160 Å². The minimum atomic E-state index is -0.430. The van der Waals surface area contributed by atoms with E-state index >= 15 is 0 Å². The number of hydrogen-bond donors (Lipinski definition) is 0. The molecule has 0 bridgehead atoms. The van der Waals surface area contributed by atoms with E-state index in [0.29, 0.717) is 10.6 Å². The van der Waals surface area contributed by atoms with Crippen LogP contribution in [-0.4, -0.2) is 31.6 Å². The predicted molar refractivity (Wildman–Crippen MR) is 105 cm³/mol. The summed E-state index contributed by atoms with van der Waals surface area (Å²) in [5.74, 6) is -0.292. The Morgan fingerprint density at radius 1 is 1.19 bits per heavy atom. The van der Waals surface area contributed by atoms with E-state index in [2.05, 4.69) is 0 Å². The second-order valence-corrected chi connectivity index (χ2v) is 7.58. The topological polar surface area (TPSA) is 85.5 Å². The van der Waals surface area contributed by atoms with Crippen molar-refractivity contribution in [1.29, 1.82) is 0 Å². The SMILES string of the molecule is Cc1cc(/C=C2\SC(=O)N(C(C)C)C2=O)c(C)n1-c1cccc([N+](=O)[O-])c1. The molecule has 0 atom stereocenters. The Morgan fingerprint density at radius 3 is 2.48 bits per heavy atom. The van der Waals surface area contributed by atoms with E-state index in [9.17, 15) is 19.7 Å². The van der Waals surface area contributed by atoms with Gasteiger partial charge in [-0.15, -0.1) is 0 Å². The molecular formula is C19H19N3O4S. The summed E-state index contributed by atoms with van der Waals surface area (Å²) in [7, 11) is 0. The van der Waals surface area contributed by atoms with Gasteiger partial charge in [0.05, 0.1) is 15.5 Å². The van der Waals surface area contributed by atoms with Gasteiger partial charge in [0.1, 0.15) is 0 Å². The van der Waals surface area contributed by atoms with Crippen LogP contribution in [-0.2, 0) is 4.79 Å². The van der Waals surface area contributed by atoms with Gasteiger partial charge in [0.25, 0.3) is 16.8 Å². The van der Waals surface area contributed by atoms with Crippen molar-refractivity contribution in [2.75, 3.05) is 0 Å². The lowest BCUT2D eigenvalue weighted by Gasteiger charge is -2.16. The first-order chi connectivity index (χ1) is 12.7. The number of nitro benzene ring substituents is 1. The standard InChI is InChI=1S/C19H19N3O4S/c1-11(2)20-18(23)17(27-19(20)24)9-14-8-12(3)21(13(14)4)15-6-5-7-16(10-15)22(25)26/h5-11H,1-4H3/b17-9-. The van der Waals surface area contributed by atoms with Crippen LogP contribution in [0, 0.1) is 24.0 Å². The third-order valence-corrected chi connectivity index (χ3v) is 5.28. The van der Waals surface area contributed by atoms with Gasteiger partial charge in [-0.25, -0.2) is 0 Å². The number of aromatic nitrogens is 1. The van der Waals surface area contributed by atoms with E-state index in [1.54, 1.807) is 32.1 Å². The number of thioether (sulfide) groups is 1. The Hall–Kier alpha value is -2.87. The molecule has 1 saturated heterocycles. The van der Waals surface area contributed by atoms with E-state index in [1.807, 2.05) is 24.5 Å². The average molecular weight is 385 g/mol. The monoisotopic (exact) mass is 385 g/mol. The van der Waals surface area contributed by atoms with Crippen LogP contribution in [0.1, 0.15) is 30.8 Å². The molecule has 1 fully saturated rings. The number of carbonyl (C=O) groups is 2. The summed E-state index contributed by atoms with van der Waals surface area (Å²) in [5, 5.41) is 10.8. The minimum Gasteiger partial charge on any atom is -0.318 e. The number of carbonyl (C=O) groups excluding carboxylic acids is 2. The normalized spacial score (nSPS) is 16.0. The fourth-order valence-electron chi connectivity index (χ4n) is 3.14. The highest BCUT2D eigenvalue weighted by Crippen LogP contribution is 2.35. The molecule has 0 N–H and O–H groups in total. The van der Waals surface area contributed by atoms with Crippen LogP contribution in [0.15, 0.2) is 35.2 Å². The van der Waals surface area contributed by atoms with Crippen molar-refractivity contribution in [3.63, 3.8) is 0 Å². The number of benzene rings is 1. The number of amides is 2. The molecule has 1 aromatic carbocycles. The fraction of sp³-hybridized carbons (Fsp3) is 0.263. The molecular weight excluding hydrogens is 366 g/mol. The quantitative estimate of drug-likeness (QED) is 0.441. The molecule has 0 spiro atoms. The van der Waals surface area contributed by atoms with E-state index in [1.165, 1.54) is 17.0 Å². The van der Waals surface area contributed by atoms with E-state index in [0.717, 1.165) is 28.7 Å². The predicted octanol–water partition coefficient (Wildman–Crippen LogP) is 4.45. The summed E-state index contributed by atoms with van der Waals surface area (Å²) in [6.45, 7) is 7.37. The molecule has 2 amide bonds. The third kappa shape index (κ3) is 3.40. The van der Waals surface area contributed by atoms with Gasteiger partial charge in [-0.05, 0) is 63.2 Å². The molecule has 8 heteroatoms. The van der Waals surface area contributed by atoms with E-state index in [-0.39, 0.29) is 22.9 Å². The summed E-state index contributed by atoms with van der Waals surface area (Å²) in [6.07, 6.45) is 1.71. The second-order valence-electron chi connectivity index (χ2n) is 6.58. The van der Waals surface area contributed by atoms with Gasteiger partial charge in [-0.1, -0.05) is 6.07 Å². The second kappa shape index (κ2) is 7.03. The molecule has 0 aliphatic carbocycles. The molecule has 1 aromatic heterocycles. The average Bonchev–Trinajstić information content (AvgIpc) is 3.03. The molecule has 1 aliphatic rings. The highest BCUT2D eigenvalue weighted by Gasteiger charge is 2.36. The van der Waals surface area contributed by atoms with Crippen molar-refractivity contribution in [2.45, 2.75) is 33.7 Å². The molecule has 7 nitrogen and oxygen atoms in total. The van der Waals surface area contributed by atoms with Crippen LogP contribution in [0.4, 0.5) is 10.5 Å². The number of nitro groups is 1. The first-order valence-electron chi connectivity index (χ1n) is 8.41. The van der Waals surface area contributed by atoms with Crippen molar-refractivity contribution < 1.29 is 14.5 Å². The Balaban J connectivity index is 2.03. The lowest BCUT2D eigenvalue weighted by molar-refractivity contribution is -0.384. The summed E-state index contributed by atoms with van der Waals surface area (Å²) >= 11 is 0.931. The number of imide groups is 1. The first-order valence-corrected chi connectivity index (χ1v) is 9.23. The maximum Gasteiger partial charge on any atom is 0.293 e. The molecule has 2 aromatic rings. The van der Waals surface area contributed by atoms with Crippen LogP contribution >= 0.6 is 11.8 Å². The number of hydrogen-bond acceptors (Lipinski definition) is 5. The van der Waals surface area contributed by atoms with Gasteiger partial charge >= 0.3 is 0 Å². The third-order valence-electron chi connectivity index (χ3n) is 4.40. The largest absolute Gasteiger partial charge is 0.318 e. The molecule has 3 rings (SSSR count). The Bertz CT molecular complexity index is 991. The molecule has 0 unspecified atom stereocenters. The number of rotatable bonds is 4. The first kappa shape index (κ1) is 18.9. The number of aryl methyl sites for hydroxylation is 1. The maximum atomic E-state index is 12.5. The van der Waals surface area contributed by atoms with E-state index < -0.39 is 4.92 Å². The lowest BCUT2D eigenvalue weighted by atomic mass is 10.2. The minimum absolute atomic E-state index is 0.0135. The Kier molecular flexibility index (Phi) is 4.93. The van der Waals surface area contributed by atoms with Gasteiger partial charge in [-0.2, -0.15) is 0 Å². The Morgan fingerprint density at radius 2 is 1.89 bits per heavy atom. The molecule has 140 valence electrons. The fourth-order valence-corrected chi connectivity index (χ4v) is 4.09. The zero-order valence-corrected chi connectivity index (χ0v) is 16.2. The van der Waals surface area contributed by atoms with Crippen LogP contribution in [0.2, 0.25) is 0 Å². The highest BCUT2D eigenvalue weighted by molar-refractivity contribution is 8.18. The van der Waals surface area contributed by atoms with Crippen molar-refractivity contribution >= 4 is 34.7 Å². The lowest BCUT2D eigenvalue weighted by Crippen LogP contribution is -2.34. The van der Waals surface area contributed by atoms with Crippen molar-refractivity contribution in [1.82, 2.24) is 9.47 Å². The summed E-state index contributed by atoms with van der Waals surface area (Å²) in [5.41, 5.74) is 3.20. The van der Waals surface area contributed by atoms with Gasteiger partial charge in [0.2, 0.25) is 0 Å². The number of nitrogens with zero attached hydrogens (tertiary/aromatic N) is 3. The zero-order chi connectivity index (χ0) is 19.9. The summed E-state index contributed by atoms with van der Waals surface area (Å²) < 4.78 is 1.89. The maximum absolute atomic E-state index is 12.5. The van der Waals surface area contributed by atoms with Crippen LogP contribution in [0.5, 0.6) is 0 Å². The highest BCUT2D eigenvalue weighted by atomic mass is 32.2. The van der Waals surface area contributed by atoms with Gasteiger partial charge < -0.3 is 4.57 Å². The number of non-ortho nitro benzene ring substituents is 1. The van der Waals surface area contributed by atoms with Crippen molar-refractivity contribution in [3.05, 3.63) is 62.3 Å². The van der Waals surface area contributed by atoms with Gasteiger partial charge in [0, 0.05) is 29.6 Å².